The van der Waals surface area contributed by atoms with Crippen LogP contribution in [0.5, 0.6) is 0 Å². The van der Waals surface area contributed by atoms with E-state index >= 15 is 0 Å². The monoisotopic (exact) mass is 252 g/mol. The summed E-state index contributed by atoms with van der Waals surface area (Å²) in [5.74, 6) is -0.127. The zero-order valence-electron chi connectivity index (χ0n) is 10.1. The minimum Gasteiger partial charge on any atom is -0.344 e. The van der Waals surface area contributed by atoms with Gasteiger partial charge < -0.3 is 16.0 Å². The first-order valence-electron chi connectivity index (χ1n) is 5.81. The molecule has 98 valence electrons. The van der Waals surface area contributed by atoms with Gasteiger partial charge in [0.05, 0.1) is 5.54 Å². The van der Waals surface area contributed by atoms with Crippen LogP contribution in [0.25, 0.3) is 0 Å². The van der Waals surface area contributed by atoms with Crippen molar-refractivity contribution in [3.63, 3.8) is 0 Å². The first kappa shape index (κ1) is 12.6. The van der Waals surface area contributed by atoms with Crippen LogP contribution in [0.3, 0.4) is 0 Å². The number of nitrogens with one attached hydrogen (secondary N) is 3. The number of hydrogen-bond donors (Lipinski definition) is 4. The third-order valence-electron chi connectivity index (χ3n) is 3.31. The number of carbonyl (C=O) groups excluding carboxylic acids is 1. The minimum absolute atomic E-state index is 0.0518. The summed E-state index contributed by atoms with van der Waals surface area (Å²) in [6.07, 6.45) is 2.06. The molecule has 1 aliphatic rings. The normalized spacial score (nSPS) is 18.1. The van der Waals surface area contributed by atoms with Gasteiger partial charge in [-0.1, -0.05) is 0 Å². The van der Waals surface area contributed by atoms with Crippen molar-refractivity contribution in [3.05, 3.63) is 32.6 Å². The smallest absolute Gasteiger partial charge is 0.326 e. The van der Waals surface area contributed by atoms with E-state index in [0.29, 0.717) is 12.5 Å². The van der Waals surface area contributed by atoms with E-state index in [4.69, 9.17) is 5.73 Å². The molecule has 1 aromatic heterocycles. The Kier molecular flexibility index (Phi) is 3.08. The highest BCUT2D eigenvalue weighted by atomic mass is 16.2. The van der Waals surface area contributed by atoms with Gasteiger partial charge in [-0.2, -0.15) is 0 Å². The van der Waals surface area contributed by atoms with Gasteiger partial charge in [-0.25, -0.2) is 4.79 Å². The van der Waals surface area contributed by atoms with Crippen LogP contribution < -0.4 is 22.3 Å². The van der Waals surface area contributed by atoms with E-state index in [-0.39, 0.29) is 5.69 Å². The average molecular weight is 252 g/mol. The number of aromatic nitrogens is 2. The fourth-order valence-corrected chi connectivity index (χ4v) is 1.96. The Morgan fingerprint density at radius 2 is 2.17 bits per heavy atom. The van der Waals surface area contributed by atoms with Crippen molar-refractivity contribution < 1.29 is 4.79 Å². The zero-order valence-corrected chi connectivity index (χ0v) is 10.1. The topological polar surface area (TPSA) is 121 Å². The maximum Gasteiger partial charge on any atom is 0.326 e. The van der Waals surface area contributed by atoms with Crippen molar-refractivity contribution in [1.29, 1.82) is 0 Å². The molecule has 0 aromatic carbocycles. The third kappa shape index (κ3) is 2.51. The second-order valence-electron chi connectivity index (χ2n) is 4.85. The largest absolute Gasteiger partial charge is 0.344 e. The lowest BCUT2D eigenvalue weighted by Gasteiger charge is -2.29. The molecule has 1 saturated carbocycles. The van der Waals surface area contributed by atoms with E-state index in [0.717, 1.165) is 18.9 Å². The molecular weight excluding hydrogens is 236 g/mol. The standard InChI is InChI=1S/C11H16N4O3/c1-11(5-12,6-2-3-6)15-9(17)7-4-8(16)14-10(18)13-7/h4,6H,2-3,5,12H2,1H3,(H,15,17)(H2,13,14,16,18). The molecule has 1 aromatic rings. The molecular formula is C11H16N4O3. The second-order valence-corrected chi connectivity index (χ2v) is 4.85. The lowest BCUT2D eigenvalue weighted by Crippen LogP contribution is -2.53. The van der Waals surface area contributed by atoms with Crippen LogP contribution in [0, 0.1) is 5.92 Å². The van der Waals surface area contributed by atoms with Crippen molar-refractivity contribution in [3.8, 4) is 0 Å². The Morgan fingerprint density at radius 3 is 2.67 bits per heavy atom. The molecule has 1 fully saturated rings. The zero-order chi connectivity index (χ0) is 13.3. The Bertz CT molecular complexity index is 544. The molecule has 0 saturated heterocycles. The molecule has 18 heavy (non-hydrogen) atoms. The van der Waals surface area contributed by atoms with Crippen LogP contribution in [0.1, 0.15) is 30.3 Å². The number of aromatic amines is 2. The number of H-pyrrole nitrogens is 2. The summed E-state index contributed by atoms with van der Waals surface area (Å²) in [5.41, 5.74) is 3.83. The molecule has 0 spiro atoms. The second kappa shape index (κ2) is 4.41. The first-order valence-corrected chi connectivity index (χ1v) is 5.81. The van der Waals surface area contributed by atoms with Crippen molar-refractivity contribution in [2.45, 2.75) is 25.3 Å². The molecule has 0 aliphatic heterocycles. The Morgan fingerprint density at radius 1 is 1.50 bits per heavy atom. The fraction of sp³-hybridized carbons (Fsp3) is 0.545. The quantitative estimate of drug-likeness (QED) is 0.544. The molecule has 1 unspecified atom stereocenters. The number of rotatable bonds is 4. The van der Waals surface area contributed by atoms with Gasteiger partial charge >= 0.3 is 5.69 Å². The predicted molar refractivity (Wildman–Crippen MR) is 65.3 cm³/mol. The lowest BCUT2D eigenvalue weighted by molar-refractivity contribution is 0.0892. The van der Waals surface area contributed by atoms with Gasteiger partial charge in [-0.05, 0) is 25.7 Å². The van der Waals surface area contributed by atoms with Crippen LogP contribution in [-0.4, -0.2) is 28.0 Å². The summed E-state index contributed by atoms with van der Waals surface area (Å²) in [4.78, 5) is 38.5. The van der Waals surface area contributed by atoms with E-state index in [2.05, 4.69) is 10.3 Å². The summed E-state index contributed by atoms with van der Waals surface area (Å²) in [7, 11) is 0. The van der Waals surface area contributed by atoms with E-state index < -0.39 is 22.7 Å². The van der Waals surface area contributed by atoms with Crippen LogP contribution in [-0.2, 0) is 0 Å². The summed E-state index contributed by atoms with van der Waals surface area (Å²) < 4.78 is 0. The van der Waals surface area contributed by atoms with Crippen molar-refractivity contribution in [2.24, 2.45) is 11.7 Å². The highest BCUT2D eigenvalue weighted by molar-refractivity contribution is 5.92. The SMILES string of the molecule is CC(CN)(NC(=O)c1cc(=O)[nH]c(=O)[nH]1)C1CC1. The number of carbonyl (C=O) groups is 1. The van der Waals surface area contributed by atoms with Crippen LogP contribution in [0.2, 0.25) is 0 Å². The van der Waals surface area contributed by atoms with Gasteiger partial charge in [0.1, 0.15) is 5.69 Å². The highest BCUT2D eigenvalue weighted by Gasteiger charge is 2.41. The van der Waals surface area contributed by atoms with Gasteiger partial charge in [0, 0.05) is 12.6 Å². The van der Waals surface area contributed by atoms with Crippen molar-refractivity contribution >= 4 is 5.91 Å². The summed E-state index contributed by atoms with van der Waals surface area (Å²) in [6, 6.07) is 1.06. The molecule has 2 rings (SSSR count). The number of hydrogen-bond acceptors (Lipinski definition) is 4. The van der Waals surface area contributed by atoms with E-state index in [1.165, 1.54) is 0 Å². The van der Waals surface area contributed by atoms with Crippen molar-refractivity contribution in [2.75, 3.05) is 6.54 Å². The minimum atomic E-state index is -0.700. The molecule has 0 bridgehead atoms. The maximum absolute atomic E-state index is 12.0. The highest BCUT2D eigenvalue weighted by Crippen LogP contribution is 2.38. The number of nitrogens with two attached hydrogens (primary N) is 1. The Hall–Kier alpha value is -1.89. The first-order chi connectivity index (χ1) is 8.44. The molecule has 0 radical (unpaired) electrons. The summed E-state index contributed by atoms with van der Waals surface area (Å²) in [5, 5.41) is 2.79. The molecule has 1 atom stereocenters. The van der Waals surface area contributed by atoms with Gasteiger partial charge in [0.2, 0.25) is 0 Å². The van der Waals surface area contributed by atoms with Crippen LogP contribution in [0.15, 0.2) is 15.7 Å². The Labute approximate surface area is 103 Å². The third-order valence-corrected chi connectivity index (χ3v) is 3.31. The van der Waals surface area contributed by atoms with Gasteiger partial charge in [0.25, 0.3) is 11.5 Å². The molecule has 7 heteroatoms. The molecule has 1 amide bonds. The van der Waals surface area contributed by atoms with Gasteiger partial charge in [-0.15, -0.1) is 0 Å². The molecule has 1 heterocycles. The van der Waals surface area contributed by atoms with Crippen molar-refractivity contribution in [1.82, 2.24) is 15.3 Å². The number of amides is 1. The molecule has 5 N–H and O–H groups in total. The summed E-state index contributed by atoms with van der Waals surface area (Å²) in [6.45, 7) is 2.19. The Balaban J connectivity index is 2.21. The van der Waals surface area contributed by atoms with E-state index in [1.54, 1.807) is 0 Å². The van der Waals surface area contributed by atoms with E-state index in [1.807, 2.05) is 11.9 Å². The predicted octanol–water partition coefficient (Wildman–Crippen LogP) is -1.08. The summed E-state index contributed by atoms with van der Waals surface area (Å²) >= 11 is 0. The average Bonchev–Trinajstić information content (AvgIpc) is 3.11. The molecule has 7 nitrogen and oxygen atoms in total. The van der Waals surface area contributed by atoms with Gasteiger partial charge in [0.15, 0.2) is 0 Å². The van der Waals surface area contributed by atoms with Crippen LogP contribution in [0.4, 0.5) is 0 Å². The lowest BCUT2D eigenvalue weighted by atomic mass is 9.96. The maximum atomic E-state index is 12.0. The van der Waals surface area contributed by atoms with E-state index in [9.17, 15) is 14.4 Å². The fourth-order valence-electron chi connectivity index (χ4n) is 1.96. The van der Waals surface area contributed by atoms with Gasteiger partial charge in [-0.3, -0.25) is 14.6 Å². The van der Waals surface area contributed by atoms with Crippen LogP contribution >= 0.6 is 0 Å². The molecule has 1 aliphatic carbocycles.